The molecule has 28 heavy (non-hydrogen) atoms. The number of ether oxygens (including phenoxy) is 1. The number of nitrogens with one attached hydrogen (secondary N) is 2. The lowest BCUT2D eigenvalue weighted by Crippen LogP contribution is -2.51. The highest BCUT2D eigenvalue weighted by Gasteiger charge is 2.51. The largest absolute Gasteiger partial charge is 0.451 e. The molecule has 1 heterocycles. The number of nitrogens with zero attached hydrogens (tertiary/aromatic N) is 1. The van der Waals surface area contributed by atoms with Gasteiger partial charge < -0.3 is 10.1 Å². The summed E-state index contributed by atoms with van der Waals surface area (Å²) in [5.74, 6) is -3.08. The van der Waals surface area contributed by atoms with Gasteiger partial charge in [0.05, 0.1) is 11.8 Å². The second-order valence-electron chi connectivity index (χ2n) is 8.49. The highest BCUT2D eigenvalue weighted by atomic mass is 16.5. The molecule has 0 bridgehead atoms. The zero-order valence-corrected chi connectivity index (χ0v) is 17.0. The molecule has 5 amide bonds. The second kappa shape index (κ2) is 8.28. The number of urea groups is 1. The van der Waals surface area contributed by atoms with Crippen molar-refractivity contribution in [1.82, 2.24) is 15.5 Å². The summed E-state index contributed by atoms with van der Waals surface area (Å²) >= 11 is 0. The fourth-order valence-electron chi connectivity index (χ4n) is 3.59. The van der Waals surface area contributed by atoms with Crippen LogP contribution in [-0.2, 0) is 23.9 Å². The molecule has 0 aromatic carbocycles. The Hall–Kier alpha value is -2.45. The summed E-state index contributed by atoms with van der Waals surface area (Å²) in [6, 6.07) is -1.83. The van der Waals surface area contributed by atoms with Gasteiger partial charge in [-0.1, -0.05) is 12.8 Å². The smallest absolute Gasteiger partial charge is 0.329 e. The molecule has 2 N–H and O–H groups in total. The second-order valence-corrected chi connectivity index (χ2v) is 8.49. The summed E-state index contributed by atoms with van der Waals surface area (Å²) in [5, 5.41) is 4.65. The molecule has 0 aromatic heterocycles. The van der Waals surface area contributed by atoms with Gasteiger partial charge in [-0.25, -0.2) is 9.59 Å². The van der Waals surface area contributed by atoms with Gasteiger partial charge in [0.2, 0.25) is 11.8 Å². The van der Waals surface area contributed by atoms with E-state index in [0.717, 1.165) is 17.7 Å². The summed E-state index contributed by atoms with van der Waals surface area (Å²) in [7, 11) is 0. The van der Waals surface area contributed by atoms with E-state index in [1.807, 2.05) is 0 Å². The van der Waals surface area contributed by atoms with Crippen LogP contribution in [0.5, 0.6) is 0 Å². The van der Waals surface area contributed by atoms with Gasteiger partial charge in [-0.3, -0.25) is 24.6 Å². The topological polar surface area (TPSA) is 122 Å². The van der Waals surface area contributed by atoms with E-state index in [1.165, 1.54) is 13.8 Å². The van der Waals surface area contributed by atoms with Crippen molar-refractivity contribution in [1.29, 1.82) is 0 Å². The minimum absolute atomic E-state index is 0.346. The molecule has 0 spiro atoms. The van der Waals surface area contributed by atoms with Gasteiger partial charge in [0, 0.05) is 5.54 Å². The molecule has 0 radical (unpaired) electrons. The van der Waals surface area contributed by atoms with Crippen molar-refractivity contribution < 1.29 is 28.7 Å². The monoisotopic (exact) mass is 395 g/mol. The number of hydrogen-bond donors (Lipinski definition) is 2. The van der Waals surface area contributed by atoms with Crippen molar-refractivity contribution in [2.75, 3.05) is 0 Å². The van der Waals surface area contributed by atoms with Crippen LogP contribution >= 0.6 is 0 Å². The van der Waals surface area contributed by atoms with Crippen molar-refractivity contribution in [3.63, 3.8) is 0 Å². The van der Waals surface area contributed by atoms with E-state index in [0.29, 0.717) is 12.8 Å². The van der Waals surface area contributed by atoms with Crippen LogP contribution in [0.3, 0.4) is 0 Å². The Balaban J connectivity index is 1.94. The summed E-state index contributed by atoms with van der Waals surface area (Å²) in [5.41, 5.74) is -0.536. The van der Waals surface area contributed by atoms with E-state index >= 15 is 0 Å². The Morgan fingerprint density at radius 2 is 1.54 bits per heavy atom. The number of carbonyl (C=O) groups excluding carboxylic acids is 5. The first-order valence-electron chi connectivity index (χ1n) is 9.63. The minimum Gasteiger partial charge on any atom is -0.451 e. The van der Waals surface area contributed by atoms with Crippen molar-refractivity contribution in [3.8, 4) is 0 Å². The van der Waals surface area contributed by atoms with Crippen LogP contribution in [-0.4, -0.2) is 52.3 Å². The van der Waals surface area contributed by atoms with Crippen LogP contribution in [0.15, 0.2) is 0 Å². The molecule has 156 valence electrons. The number of imide groups is 2. The summed E-state index contributed by atoms with van der Waals surface area (Å²) < 4.78 is 5.09. The Kier molecular flexibility index (Phi) is 6.46. The predicted molar refractivity (Wildman–Crippen MR) is 98.7 cm³/mol. The minimum atomic E-state index is -1.25. The first kappa shape index (κ1) is 21.8. The van der Waals surface area contributed by atoms with Crippen molar-refractivity contribution in [2.24, 2.45) is 11.8 Å². The zero-order chi connectivity index (χ0) is 21.2. The van der Waals surface area contributed by atoms with Crippen molar-refractivity contribution >= 4 is 29.7 Å². The highest BCUT2D eigenvalue weighted by molar-refractivity contribution is 6.08. The fraction of sp³-hybridized carbons (Fsp3) is 0.737. The van der Waals surface area contributed by atoms with Crippen LogP contribution < -0.4 is 10.6 Å². The molecule has 4 atom stereocenters. The van der Waals surface area contributed by atoms with Gasteiger partial charge in [-0.2, -0.15) is 0 Å². The molecule has 9 nitrogen and oxygen atoms in total. The molecule has 2 rings (SSSR count). The van der Waals surface area contributed by atoms with Crippen LogP contribution in [0.2, 0.25) is 0 Å². The SMILES string of the molecule is C[C@@H](OC(=O)[C@H](C)N1C(=O)[C@H]2CCCC[C@H]2C1=O)C(=O)NC(=O)NC(C)(C)C. The Labute approximate surface area is 164 Å². The third-order valence-electron chi connectivity index (χ3n) is 4.99. The van der Waals surface area contributed by atoms with Gasteiger partial charge in [-0.15, -0.1) is 0 Å². The molecule has 9 heteroatoms. The Morgan fingerprint density at radius 3 is 2.00 bits per heavy atom. The number of carbonyl (C=O) groups is 5. The number of rotatable bonds is 4. The lowest BCUT2D eigenvalue weighted by molar-refractivity contribution is -0.163. The molecule has 1 saturated heterocycles. The normalized spacial score (nSPS) is 24.2. The van der Waals surface area contributed by atoms with Crippen molar-refractivity contribution in [3.05, 3.63) is 0 Å². The number of hydrogen-bond acceptors (Lipinski definition) is 6. The van der Waals surface area contributed by atoms with E-state index in [4.69, 9.17) is 4.74 Å². The van der Waals surface area contributed by atoms with Gasteiger partial charge in [0.25, 0.3) is 5.91 Å². The highest BCUT2D eigenvalue weighted by Crippen LogP contribution is 2.38. The molecule has 0 unspecified atom stereocenters. The molecule has 2 fully saturated rings. The first-order valence-corrected chi connectivity index (χ1v) is 9.63. The molecule has 0 aromatic rings. The number of amides is 5. The van der Waals surface area contributed by atoms with Crippen LogP contribution in [0, 0.1) is 11.8 Å². The average molecular weight is 395 g/mol. The van der Waals surface area contributed by atoms with Crippen molar-refractivity contribution in [2.45, 2.75) is 78.0 Å². The van der Waals surface area contributed by atoms with Crippen LogP contribution in [0.1, 0.15) is 60.3 Å². The van der Waals surface area contributed by atoms with Gasteiger partial charge in [0.1, 0.15) is 6.04 Å². The maximum absolute atomic E-state index is 12.6. The van der Waals surface area contributed by atoms with E-state index in [2.05, 4.69) is 10.6 Å². The molecule has 1 aliphatic carbocycles. The first-order chi connectivity index (χ1) is 12.9. The van der Waals surface area contributed by atoms with E-state index in [1.54, 1.807) is 20.8 Å². The van der Waals surface area contributed by atoms with Crippen LogP contribution in [0.4, 0.5) is 4.79 Å². The third kappa shape index (κ3) is 4.88. The third-order valence-corrected chi connectivity index (χ3v) is 4.99. The number of fused-ring (bicyclic) bond motifs is 1. The lowest BCUT2D eigenvalue weighted by atomic mass is 9.81. The Bertz CT molecular complexity index is 660. The standard InChI is InChI=1S/C19H29N3O6/c1-10(22-15(24)12-8-6-7-9-13(12)16(22)25)17(26)28-11(2)14(23)20-18(27)21-19(3,4)5/h10-13H,6-9H2,1-5H3,(H2,20,21,23,27)/t10-,11+,12-,13+/m0/s1. The van der Waals surface area contributed by atoms with Gasteiger partial charge in [-0.05, 0) is 47.5 Å². The van der Waals surface area contributed by atoms with E-state index < -0.39 is 35.6 Å². The quantitative estimate of drug-likeness (QED) is 0.543. The van der Waals surface area contributed by atoms with Crippen LogP contribution in [0.25, 0.3) is 0 Å². The zero-order valence-electron chi connectivity index (χ0n) is 17.0. The fourth-order valence-corrected chi connectivity index (χ4v) is 3.59. The van der Waals surface area contributed by atoms with Gasteiger partial charge in [0.15, 0.2) is 6.10 Å². The maximum atomic E-state index is 12.6. The molecular weight excluding hydrogens is 366 g/mol. The summed E-state index contributed by atoms with van der Waals surface area (Å²) in [6.45, 7) is 7.99. The average Bonchev–Trinajstić information content (AvgIpc) is 2.83. The molecule has 2 aliphatic rings. The van der Waals surface area contributed by atoms with Gasteiger partial charge >= 0.3 is 12.0 Å². The number of likely N-dealkylation sites (tertiary alicyclic amines) is 1. The predicted octanol–water partition coefficient (Wildman–Crippen LogP) is 1.11. The summed E-state index contributed by atoms with van der Waals surface area (Å²) in [4.78, 5) is 62.3. The molecule has 1 aliphatic heterocycles. The summed E-state index contributed by atoms with van der Waals surface area (Å²) in [6.07, 6.45) is 1.82. The molecular formula is C19H29N3O6. The lowest BCUT2D eigenvalue weighted by Gasteiger charge is -2.24. The number of esters is 1. The molecule has 1 saturated carbocycles. The maximum Gasteiger partial charge on any atom is 0.329 e. The Morgan fingerprint density at radius 1 is 1.04 bits per heavy atom. The van der Waals surface area contributed by atoms with E-state index in [9.17, 15) is 24.0 Å². The van der Waals surface area contributed by atoms with E-state index in [-0.39, 0.29) is 23.7 Å².